The molecule has 0 aromatic heterocycles. The average Bonchev–Trinajstić information content (AvgIpc) is 2.79. The maximum Gasteiger partial charge on any atom is 0.118 e. The highest BCUT2D eigenvalue weighted by Crippen LogP contribution is 2.25. The predicted molar refractivity (Wildman–Crippen MR) is 118 cm³/mol. The number of benzene rings is 2. The molecule has 5 atom stereocenters. The molecule has 0 saturated carbocycles. The maximum absolute atomic E-state index is 10.9. The number of aliphatic hydroxyl groups is 2. The Morgan fingerprint density at radius 1 is 0.833 bits per heavy atom. The molecule has 0 spiro atoms. The molecule has 0 bridgehead atoms. The normalized spacial score (nSPS) is 16.5. The maximum atomic E-state index is 10.9. The molecule has 0 fully saturated rings. The van der Waals surface area contributed by atoms with Gasteiger partial charge in [-0.15, -0.1) is 0 Å². The van der Waals surface area contributed by atoms with E-state index in [0.29, 0.717) is 19.8 Å². The van der Waals surface area contributed by atoms with Gasteiger partial charge in [-0.25, -0.2) is 0 Å². The molecule has 5 heteroatoms. The Morgan fingerprint density at radius 3 is 2.07 bits per heavy atom. The topological polar surface area (TPSA) is 68.2 Å². The summed E-state index contributed by atoms with van der Waals surface area (Å²) >= 11 is 0. The second-order valence-electron chi connectivity index (χ2n) is 8.11. The number of hydrogen-bond donors (Lipinski definition) is 2. The lowest BCUT2D eigenvalue weighted by molar-refractivity contribution is -0.0931. The van der Waals surface area contributed by atoms with Crippen molar-refractivity contribution in [2.75, 3.05) is 20.3 Å². The van der Waals surface area contributed by atoms with Crippen molar-refractivity contribution in [2.24, 2.45) is 17.8 Å². The molecule has 2 aromatic rings. The molecule has 2 N–H and O–H groups in total. The molecule has 0 aliphatic carbocycles. The molecule has 0 aliphatic rings. The molecule has 0 aliphatic heterocycles. The van der Waals surface area contributed by atoms with Gasteiger partial charge in [-0.1, -0.05) is 63.2 Å². The van der Waals surface area contributed by atoms with E-state index < -0.39 is 6.10 Å². The van der Waals surface area contributed by atoms with Gasteiger partial charge in [-0.05, 0) is 23.3 Å². The predicted octanol–water partition coefficient (Wildman–Crippen LogP) is 4.06. The van der Waals surface area contributed by atoms with Crippen LogP contribution >= 0.6 is 0 Å². The highest BCUT2D eigenvalue weighted by Gasteiger charge is 2.32. The smallest absolute Gasteiger partial charge is 0.118 e. The van der Waals surface area contributed by atoms with E-state index in [-0.39, 0.29) is 30.5 Å². The van der Waals surface area contributed by atoms with Gasteiger partial charge in [0.15, 0.2) is 0 Å². The summed E-state index contributed by atoms with van der Waals surface area (Å²) in [5, 5.41) is 20.6. The summed E-state index contributed by atoms with van der Waals surface area (Å²) in [6.45, 7) is 7.30. The van der Waals surface area contributed by atoms with Crippen molar-refractivity contribution >= 4 is 0 Å². The first kappa shape index (κ1) is 24.4. The second kappa shape index (κ2) is 12.7. The molecule has 30 heavy (non-hydrogen) atoms. The molecular weight excluding hydrogens is 380 g/mol. The van der Waals surface area contributed by atoms with Crippen molar-refractivity contribution in [3.63, 3.8) is 0 Å². The van der Waals surface area contributed by atoms with Crippen molar-refractivity contribution in [1.82, 2.24) is 0 Å². The molecule has 0 amide bonds. The van der Waals surface area contributed by atoms with E-state index in [1.165, 1.54) is 0 Å². The Morgan fingerprint density at radius 2 is 1.47 bits per heavy atom. The summed E-state index contributed by atoms with van der Waals surface area (Å²) in [7, 11) is 1.64. The second-order valence-corrected chi connectivity index (χ2v) is 8.11. The zero-order valence-corrected chi connectivity index (χ0v) is 18.5. The molecule has 0 heterocycles. The molecule has 0 unspecified atom stereocenters. The van der Waals surface area contributed by atoms with Crippen LogP contribution in [0.2, 0.25) is 0 Å². The zero-order valence-electron chi connectivity index (χ0n) is 18.5. The fraction of sp³-hybridized carbons (Fsp3) is 0.520. The number of aliphatic hydroxyl groups excluding tert-OH is 2. The highest BCUT2D eigenvalue weighted by atomic mass is 16.5. The molecule has 5 nitrogen and oxygen atoms in total. The first-order valence-corrected chi connectivity index (χ1v) is 10.6. The van der Waals surface area contributed by atoms with Gasteiger partial charge in [-0.3, -0.25) is 0 Å². The van der Waals surface area contributed by atoms with Crippen LogP contribution in [0.1, 0.15) is 31.9 Å². The van der Waals surface area contributed by atoms with Crippen LogP contribution in [0.5, 0.6) is 5.75 Å². The van der Waals surface area contributed by atoms with E-state index in [0.717, 1.165) is 16.9 Å². The Kier molecular flexibility index (Phi) is 10.3. The Hall–Kier alpha value is -1.92. The third-order valence-electron chi connectivity index (χ3n) is 5.58. The van der Waals surface area contributed by atoms with Gasteiger partial charge in [0.2, 0.25) is 0 Å². The summed E-state index contributed by atoms with van der Waals surface area (Å²) in [5.74, 6) is 0.532. The summed E-state index contributed by atoms with van der Waals surface area (Å²) in [5.41, 5.74) is 2.13. The van der Waals surface area contributed by atoms with Gasteiger partial charge in [-0.2, -0.15) is 0 Å². The van der Waals surface area contributed by atoms with Gasteiger partial charge < -0.3 is 24.4 Å². The minimum absolute atomic E-state index is 0.0128. The van der Waals surface area contributed by atoms with Crippen LogP contribution in [0.15, 0.2) is 54.6 Å². The largest absolute Gasteiger partial charge is 0.497 e. The quantitative estimate of drug-likeness (QED) is 0.515. The monoisotopic (exact) mass is 416 g/mol. The Balaban J connectivity index is 1.87. The Labute approximate surface area is 180 Å². The van der Waals surface area contributed by atoms with Crippen molar-refractivity contribution in [1.29, 1.82) is 0 Å². The summed E-state index contributed by atoms with van der Waals surface area (Å²) in [6, 6.07) is 17.7. The standard InChI is InChI=1S/C25H36O5/c1-18(14-26)25(30-17-21-8-6-5-7-9-21)20(3)24(27)19(2)15-29-16-22-10-12-23(28-4)13-11-22/h5-13,18-20,24-27H,14-17H2,1-4H3/t18-,19-,20+,24-,25-/m0/s1. The van der Waals surface area contributed by atoms with E-state index in [2.05, 4.69) is 0 Å². The van der Waals surface area contributed by atoms with Crippen molar-refractivity contribution in [3.8, 4) is 5.75 Å². The van der Waals surface area contributed by atoms with Gasteiger partial charge >= 0.3 is 0 Å². The lowest BCUT2D eigenvalue weighted by Crippen LogP contribution is -2.41. The average molecular weight is 417 g/mol. The summed E-state index contributed by atoms with van der Waals surface area (Å²) in [4.78, 5) is 0. The summed E-state index contributed by atoms with van der Waals surface area (Å²) in [6.07, 6.45) is -0.857. The number of rotatable bonds is 13. The van der Waals surface area contributed by atoms with Crippen LogP contribution in [0.25, 0.3) is 0 Å². The van der Waals surface area contributed by atoms with Crippen LogP contribution < -0.4 is 4.74 Å². The van der Waals surface area contributed by atoms with Crippen molar-refractivity contribution < 1.29 is 24.4 Å². The van der Waals surface area contributed by atoms with E-state index >= 15 is 0 Å². The van der Waals surface area contributed by atoms with E-state index in [9.17, 15) is 10.2 Å². The minimum atomic E-state index is -0.601. The zero-order chi connectivity index (χ0) is 21.9. The molecule has 0 radical (unpaired) electrons. The Bertz CT molecular complexity index is 703. The van der Waals surface area contributed by atoms with Crippen LogP contribution in [0.3, 0.4) is 0 Å². The van der Waals surface area contributed by atoms with Gasteiger partial charge in [0.1, 0.15) is 5.75 Å². The van der Waals surface area contributed by atoms with E-state index in [1.54, 1.807) is 7.11 Å². The summed E-state index contributed by atoms with van der Waals surface area (Å²) < 4.78 is 17.1. The van der Waals surface area contributed by atoms with Crippen LogP contribution in [-0.2, 0) is 22.7 Å². The SMILES string of the molecule is COc1ccc(COC[C@H](C)[C@H](O)[C@@H](C)[C@@H](OCc2ccccc2)[C@@H](C)CO)cc1. The van der Waals surface area contributed by atoms with Gasteiger partial charge in [0.25, 0.3) is 0 Å². The first-order chi connectivity index (χ1) is 14.5. The highest BCUT2D eigenvalue weighted by molar-refractivity contribution is 5.26. The third-order valence-corrected chi connectivity index (χ3v) is 5.58. The fourth-order valence-corrected chi connectivity index (χ4v) is 3.60. The minimum Gasteiger partial charge on any atom is -0.497 e. The van der Waals surface area contributed by atoms with Gasteiger partial charge in [0.05, 0.1) is 39.1 Å². The van der Waals surface area contributed by atoms with Crippen molar-refractivity contribution in [3.05, 3.63) is 65.7 Å². The number of ether oxygens (including phenoxy) is 3. The van der Waals surface area contributed by atoms with E-state index in [1.807, 2.05) is 75.4 Å². The molecule has 0 saturated heterocycles. The number of methoxy groups -OCH3 is 1. The first-order valence-electron chi connectivity index (χ1n) is 10.6. The fourth-order valence-electron chi connectivity index (χ4n) is 3.60. The van der Waals surface area contributed by atoms with Crippen LogP contribution in [0.4, 0.5) is 0 Å². The van der Waals surface area contributed by atoms with E-state index in [4.69, 9.17) is 14.2 Å². The van der Waals surface area contributed by atoms with Crippen LogP contribution in [0, 0.1) is 17.8 Å². The number of hydrogen-bond acceptors (Lipinski definition) is 5. The lowest BCUT2D eigenvalue weighted by Gasteiger charge is -2.34. The molecule has 2 rings (SSSR count). The third kappa shape index (κ3) is 7.40. The molecular formula is C25H36O5. The van der Waals surface area contributed by atoms with Crippen LogP contribution in [-0.4, -0.2) is 42.7 Å². The molecule has 2 aromatic carbocycles. The van der Waals surface area contributed by atoms with Crippen molar-refractivity contribution in [2.45, 2.75) is 46.2 Å². The molecule has 166 valence electrons. The van der Waals surface area contributed by atoms with Gasteiger partial charge in [0, 0.05) is 24.4 Å². The lowest BCUT2D eigenvalue weighted by atomic mass is 9.84.